The summed E-state index contributed by atoms with van der Waals surface area (Å²) in [7, 11) is 0. The van der Waals surface area contributed by atoms with E-state index >= 15 is 0 Å². The molecule has 0 atom stereocenters. The van der Waals surface area contributed by atoms with Crippen LogP contribution < -0.4 is 5.32 Å². The predicted octanol–water partition coefficient (Wildman–Crippen LogP) is 5.43. The molecule has 19 heavy (non-hydrogen) atoms. The summed E-state index contributed by atoms with van der Waals surface area (Å²) in [4.78, 5) is 12.2. The highest BCUT2D eigenvalue weighted by atomic mass is 79.9. The molecule has 2 nitrogen and oxygen atoms in total. The Morgan fingerprint density at radius 2 is 1.79 bits per heavy atom. The minimum Gasteiger partial charge on any atom is -0.322 e. The molecule has 0 aliphatic carbocycles. The molecule has 2 aromatic carbocycles. The fourth-order valence-corrected chi connectivity index (χ4v) is 2.44. The third-order valence-corrected chi connectivity index (χ3v) is 4.47. The first-order valence-electron chi connectivity index (χ1n) is 5.50. The zero-order chi connectivity index (χ0) is 14.0. The molecular weight excluding hydrogens is 393 g/mol. The van der Waals surface area contributed by atoms with Gasteiger partial charge in [-0.3, -0.25) is 4.79 Å². The van der Waals surface area contributed by atoms with Gasteiger partial charge >= 0.3 is 0 Å². The number of carbonyl (C=O) groups is 1. The first kappa shape index (κ1) is 14.6. The third kappa shape index (κ3) is 3.59. The predicted molar refractivity (Wildman–Crippen MR) is 86.0 cm³/mol. The zero-order valence-electron chi connectivity index (χ0n) is 10.0. The second-order valence-electron chi connectivity index (χ2n) is 4.07. The van der Waals surface area contributed by atoms with E-state index in [1.807, 2.05) is 25.1 Å². The van der Waals surface area contributed by atoms with Gasteiger partial charge in [0.2, 0.25) is 0 Å². The minimum absolute atomic E-state index is 0.172. The van der Waals surface area contributed by atoms with Crippen LogP contribution in [0.15, 0.2) is 45.3 Å². The van der Waals surface area contributed by atoms with Gasteiger partial charge in [0.1, 0.15) is 0 Å². The van der Waals surface area contributed by atoms with Crippen LogP contribution in [-0.4, -0.2) is 5.91 Å². The van der Waals surface area contributed by atoms with Crippen LogP contribution in [0.5, 0.6) is 0 Å². The average molecular weight is 404 g/mol. The van der Waals surface area contributed by atoms with Gasteiger partial charge in [0.25, 0.3) is 5.91 Å². The number of amides is 1. The van der Waals surface area contributed by atoms with Crippen LogP contribution in [0.3, 0.4) is 0 Å². The summed E-state index contributed by atoms with van der Waals surface area (Å²) < 4.78 is 1.56. The molecular formula is C14H10Br2ClNO. The lowest BCUT2D eigenvalue weighted by atomic mass is 10.1. The Hall–Kier alpha value is -0.840. The lowest BCUT2D eigenvalue weighted by Gasteiger charge is -2.08. The monoisotopic (exact) mass is 401 g/mol. The average Bonchev–Trinajstić information content (AvgIpc) is 2.36. The molecule has 0 unspecified atom stereocenters. The number of carbonyl (C=O) groups excluding carboxylic acids is 1. The van der Waals surface area contributed by atoms with Gasteiger partial charge in [-0.1, -0.05) is 23.2 Å². The fourth-order valence-electron chi connectivity index (χ4n) is 1.59. The number of benzene rings is 2. The van der Waals surface area contributed by atoms with Gasteiger partial charge in [-0.05, 0) is 69.1 Å². The molecule has 0 saturated heterocycles. The standard InChI is InChI=1S/C14H10Br2ClNO/c1-8-2-4-11(15)10(6-8)14(19)18-9-3-5-12(16)13(17)7-9/h2-7H,1H3,(H,18,19). The summed E-state index contributed by atoms with van der Waals surface area (Å²) in [5, 5.41) is 3.38. The lowest BCUT2D eigenvalue weighted by molar-refractivity contribution is 0.102. The van der Waals surface area contributed by atoms with Gasteiger partial charge in [-0.15, -0.1) is 0 Å². The molecule has 0 spiro atoms. The largest absolute Gasteiger partial charge is 0.322 e. The van der Waals surface area contributed by atoms with Gasteiger partial charge < -0.3 is 5.32 Å². The van der Waals surface area contributed by atoms with Crippen molar-refractivity contribution < 1.29 is 4.79 Å². The van der Waals surface area contributed by atoms with Crippen LogP contribution in [0.2, 0.25) is 5.02 Å². The Bertz CT molecular complexity index is 643. The fraction of sp³-hybridized carbons (Fsp3) is 0.0714. The zero-order valence-corrected chi connectivity index (χ0v) is 13.9. The molecule has 0 saturated carbocycles. The SMILES string of the molecule is Cc1ccc(Br)c(C(=O)Nc2ccc(Br)c(Cl)c2)c1. The Morgan fingerprint density at radius 3 is 2.47 bits per heavy atom. The number of nitrogens with one attached hydrogen (secondary N) is 1. The lowest BCUT2D eigenvalue weighted by Crippen LogP contribution is -2.12. The first-order valence-corrected chi connectivity index (χ1v) is 7.46. The molecule has 0 aromatic heterocycles. The molecule has 0 radical (unpaired) electrons. The van der Waals surface area contributed by atoms with Gasteiger partial charge in [-0.2, -0.15) is 0 Å². The number of anilines is 1. The van der Waals surface area contributed by atoms with E-state index in [0.29, 0.717) is 16.3 Å². The van der Waals surface area contributed by atoms with E-state index in [9.17, 15) is 4.79 Å². The molecule has 0 aliphatic rings. The van der Waals surface area contributed by atoms with Crippen LogP contribution >= 0.6 is 43.5 Å². The van der Waals surface area contributed by atoms with Crippen molar-refractivity contribution in [2.24, 2.45) is 0 Å². The normalized spacial score (nSPS) is 10.3. The van der Waals surface area contributed by atoms with E-state index in [1.165, 1.54) is 0 Å². The number of halogens is 3. The smallest absolute Gasteiger partial charge is 0.256 e. The number of hydrogen-bond acceptors (Lipinski definition) is 1. The molecule has 2 rings (SSSR count). The third-order valence-electron chi connectivity index (χ3n) is 2.54. The maximum absolute atomic E-state index is 12.2. The van der Waals surface area contributed by atoms with Gasteiger partial charge in [-0.25, -0.2) is 0 Å². The molecule has 0 bridgehead atoms. The Kier molecular flexibility index (Phi) is 4.66. The van der Waals surface area contributed by atoms with E-state index in [2.05, 4.69) is 37.2 Å². The van der Waals surface area contributed by atoms with Gasteiger partial charge in [0.05, 0.1) is 10.6 Å². The van der Waals surface area contributed by atoms with E-state index < -0.39 is 0 Å². The Labute approximate surface area is 133 Å². The molecule has 0 fully saturated rings. The number of rotatable bonds is 2. The summed E-state index contributed by atoms with van der Waals surface area (Å²) in [6.07, 6.45) is 0. The quantitative estimate of drug-likeness (QED) is 0.712. The van der Waals surface area contributed by atoms with E-state index in [-0.39, 0.29) is 5.91 Å². The molecule has 0 heterocycles. The second-order valence-corrected chi connectivity index (χ2v) is 6.18. The van der Waals surface area contributed by atoms with Gasteiger partial charge in [0, 0.05) is 14.6 Å². The van der Waals surface area contributed by atoms with Crippen molar-refractivity contribution in [1.82, 2.24) is 0 Å². The molecule has 98 valence electrons. The Balaban J connectivity index is 2.25. The molecule has 1 N–H and O–H groups in total. The summed E-state index contributed by atoms with van der Waals surface area (Å²) in [5.41, 5.74) is 2.29. The van der Waals surface area contributed by atoms with Crippen molar-refractivity contribution in [3.8, 4) is 0 Å². The summed E-state index contributed by atoms with van der Waals surface area (Å²) in [6, 6.07) is 10.9. The van der Waals surface area contributed by atoms with Crippen molar-refractivity contribution in [2.45, 2.75) is 6.92 Å². The highest BCUT2D eigenvalue weighted by Crippen LogP contribution is 2.26. The summed E-state index contributed by atoms with van der Waals surface area (Å²) in [6.45, 7) is 1.94. The highest BCUT2D eigenvalue weighted by Gasteiger charge is 2.11. The van der Waals surface area contributed by atoms with Crippen LogP contribution in [0.1, 0.15) is 15.9 Å². The molecule has 5 heteroatoms. The molecule has 0 aliphatic heterocycles. The van der Waals surface area contributed by atoms with Crippen LogP contribution in [0, 0.1) is 6.92 Å². The van der Waals surface area contributed by atoms with Gasteiger partial charge in [0.15, 0.2) is 0 Å². The van der Waals surface area contributed by atoms with Crippen LogP contribution in [-0.2, 0) is 0 Å². The van der Waals surface area contributed by atoms with Crippen molar-refractivity contribution in [2.75, 3.05) is 5.32 Å². The summed E-state index contributed by atoms with van der Waals surface area (Å²) in [5.74, 6) is -0.172. The maximum Gasteiger partial charge on any atom is 0.256 e. The maximum atomic E-state index is 12.2. The van der Waals surface area contributed by atoms with Crippen LogP contribution in [0.25, 0.3) is 0 Å². The topological polar surface area (TPSA) is 29.1 Å². The van der Waals surface area contributed by atoms with Crippen molar-refractivity contribution in [3.63, 3.8) is 0 Å². The van der Waals surface area contributed by atoms with E-state index in [4.69, 9.17) is 11.6 Å². The molecule has 1 amide bonds. The number of aryl methyl sites for hydroxylation is 1. The second kappa shape index (κ2) is 6.07. The first-order chi connectivity index (χ1) is 8.97. The van der Waals surface area contributed by atoms with Crippen LogP contribution in [0.4, 0.5) is 5.69 Å². The van der Waals surface area contributed by atoms with Crippen molar-refractivity contribution in [3.05, 3.63) is 61.5 Å². The Morgan fingerprint density at radius 1 is 1.11 bits per heavy atom. The molecule has 2 aromatic rings. The van der Waals surface area contributed by atoms with Crippen molar-refractivity contribution in [1.29, 1.82) is 0 Å². The summed E-state index contributed by atoms with van der Waals surface area (Å²) >= 11 is 12.7. The van der Waals surface area contributed by atoms with Crippen molar-refractivity contribution >= 4 is 55.1 Å². The highest BCUT2D eigenvalue weighted by molar-refractivity contribution is 9.10. The van der Waals surface area contributed by atoms with E-state index in [1.54, 1.807) is 18.2 Å². The van der Waals surface area contributed by atoms with E-state index in [0.717, 1.165) is 14.5 Å². The minimum atomic E-state index is -0.172. The number of hydrogen-bond donors (Lipinski definition) is 1.